The molecule has 0 saturated heterocycles. The summed E-state index contributed by atoms with van der Waals surface area (Å²) in [5.41, 5.74) is 0.422. The first-order chi connectivity index (χ1) is 14.7. The molecule has 0 saturated carbocycles. The first-order valence-electron chi connectivity index (χ1n) is 9.30. The molecule has 1 aromatic carbocycles. The topological polar surface area (TPSA) is 109 Å². The van der Waals surface area contributed by atoms with Gasteiger partial charge in [0.05, 0.1) is 29.3 Å². The lowest BCUT2D eigenvalue weighted by Crippen LogP contribution is -2.38. The lowest BCUT2D eigenvalue weighted by Gasteiger charge is -2.16. The molecule has 0 atom stereocenters. The van der Waals surface area contributed by atoms with Crippen LogP contribution in [0.1, 0.15) is 26.4 Å². The molecule has 0 fully saturated rings. The van der Waals surface area contributed by atoms with Crippen LogP contribution >= 0.6 is 0 Å². The predicted molar refractivity (Wildman–Crippen MR) is 114 cm³/mol. The summed E-state index contributed by atoms with van der Waals surface area (Å²) >= 11 is 0. The van der Waals surface area contributed by atoms with Crippen molar-refractivity contribution in [3.8, 4) is 11.1 Å². The second-order valence-electron chi connectivity index (χ2n) is 6.81. The Bertz CT molecular complexity index is 1330. The van der Waals surface area contributed by atoms with Crippen molar-refractivity contribution in [3.63, 3.8) is 0 Å². The summed E-state index contributed by atoms with van der Waals surface area (Å²) in [6.45, 7) is 5.10. The van der Waals surface area contributed by atoms with Gasteiger partial charge in [0, 0.05) is 19.7 Å². The fourth-order valence-corrected chi connectivity index (χ4v) is 3.34. The lowest BCUT2D eigenvalue weighted by atomic mass is 9.95. The summed E-state index contributed by atoms with van der Waals surface area (Å²) in [7, 11) is 4.12. The maximum absolute atomic E-state index is 13.1. The van der Waals surface area contributed by atoms with Crippen molar-refractivity contribution in [2.24, 2.45) is 14.1 Å². The summed E-state index contributed by atoms with van der Waals surface area (Å²) < 4.78 is 12.1. The van der Waals surface area contributed by atoms with Crippen LogP contribution in [0.3, 0.4) is 0 Å². The zero-order chi connectivity index (χ0) is 22.9. The Morgan fingerprint density at radius 2 is 1.74 bits per heavy atom. The number of esters is 2. The van der Waals surface area contributed by atoms with E-state index in [-0.39, 0.29) is 34.5 Å². The molecule has 31 heavy (non-hydrogen) atoms. The molecule has 0 aliphatic carbocycles. The smallest absolute Gasteiger partial charge is 0.340 e. The molecular formula is C22H21N3O6. The number of hydrogen-bond acceptors (Lipinski definition) is 7. The van der Waals surface area contributed by atoms with Crippen LogP contribution in [0.2, 0.25) is 0 Å². The molecule has 0 bridgehead atoms. The molecule has 9 nitrogen and oxygen atoms in total. The molecule has 3 rings (SSSR count). The van der Waals surface area contributed by atoms with Crippen LogP contribution in [-0.2, 0) is 23.6 Å². The molecule has 0 aliphatic heterocycles. The Hall–Kier alpha value is -4.01. The number of carbonyl (C=O) groups is 2. The highest BCUT2D eigenvalue weighted by molar-refractivity contribution is 6.07. The van der Waals surface area contributed by atoms with Crippen molar-refractivity contribution < 1.29 is 19.1 Å². The highest BCUT2D eigenvalue weighted by atomic mass is 16.5. The molecule has 0 radical (unpaired) electrons. The van der Waals surface area contributed by atoms with E-state index in [4.69, 9.17) is 9.47 Å². The normalized spacial score (nSPS) is 10.7. The van der Waals surface area contributed by atoms with E-state index in [9.17, 15) is 19.2 Å². The van der Waals surface area contributed by atoms with E-state index >= 15 is 0 Å². The van der Waals surface area contributed by atoms with Crippen molar-refractivity contribution in [1.82, 2.24) is 14.1 Å². The third-order valence-electron chi connectivity index (χ3n) is 4.90. The second kappa shape index (κ2) is 8.39. The maximum Gasteiger partial charge on any atom is 0.340 e. The van der Waals surface area contributed by atoms with Gasteiger partial charge < -0.3 is 9.47 Å². The molecule has 3 aromatic rings. The van der Waals surface area contributed by atoms with Gasteiger partial charge in [0.1, 0.15) is 12.3 Å². The molecule has 2 aromatic heterocycles. The van der Waals surface area contributed by atoms with E-state index in [0.717, 1.165) is 4.57 Å². The number of hydrogen-bond donors (Lipinski definition) is 0. The van der Waals surface area contributed by atoms with Crippen LogP contribution in [0.25, 0.3) is 22.2 Å². The first-order valence-corrected chi connectivity index (χ1v) is 9.30. The van der Waals surface area contributed by atoms with Gasteiger partial charge >= 0.3 is 17.6 Å². The SMILES string of the molecule is C=CCOC(=O)c1c(C)nc2c(c1-c1ccc(C(=O)OC)cc1)c(=O)n(C)c(=O)n2C. The maximum atomic E-state index is 13.1. The molecule has 0 N–H and O–H groups in total. The highest BCUT2D eigenvalue weighted by Crippen LogP contribution is 2.32. The third-order valence-corrected chi connectivity index (χ3v) is 4.90. The minimum Gasteiger partial charge on any atom is -0.465 e. The van der Waals surface area contributed by atoms with Gasteiger partial charge in [-0.1, -0.05) is 24.8 Å². The number of fused-ring (bicyclic) bond motifs is 1. The second-order valence-corrected chi connectivity index (χ2v) is 6.81. The summed E-state index contributed by atoms with van der Waals surface area (Å²) in [5.74, 6) is -1.21. The van der Waals surface area contributed by atoms with E-state index in [1.54, 1.807) is 19.1 Å². The molecule has 0 unspecified atom stereocenters. The van der Waals surface area contributed by atoms with Crippen LogP contribution in [0, 0.1) is 6.92 Å². The Kier molecular flexibility index (Phi) is 5.87. The van der Waals surface area contributed by atoms with Gasteiger partial charge in [0.25, 0.3) is 5.56 Å². The number of aryl methyl sites for hydroxylation is 2. The number of methoxy groups -OCH3 is 1. The fourth-order valence-electron chi connectivity index (χ4n) is 3.34. The fraction of sp³-hybridized carbons (Fsp3) is 0.227. The zero-order valence-electron chi connectivity index (χ0n) is 17.6. The van der Waals surface area contributed by atoms with Crippen LogP contribution in [0.5, 0.6) is 0 Å². The van der Waals surface area contributed by atoms with Crippen molar-refractivity contribution in [2.75, 3.05) is 13.7 Å². The van der Waals surface area contributed by atoms with E-state index in [0.29, 0.717) is 11.1 Å². The van der Waals surface area contributed by atoms with Gasteiger partial charge in [-0.15, -0.1) is 0 Å². The number of aromatic nitrogens is 3. The minimum atomic E-state index is -0.685. The average Bonchev–Trinajstić information content (AvgIpc) is 2.78. The van der Waals surface area contributed by atoms with E-state index in [1.807, 2.05) is 0 Å². The van der Waals surface area contributed by atoms with Gasteiger partial charge in [0.15, 0.2) is 0 Å². The van der Waals surface area contributed by atoms with Crippen molar-refractivity contribution >= 4 is 23.0 Å². The van der Waals surface area contributed by atoms with E-state index in [1.165, 1.54) is 44.0 Å². The highest BCUT2D eigenvalue weighted by Gasteiger charge is 2.25. The van der Waals surface area contributed by atoms with Gasteiger partial charge in [-0.05, 0) is 24.6 Å². The number of pyridine rings is 1. The molecule has 0 aliphatic rings. The number of carbonyl (C=O) groups excluding carboxylic acids is 2. The Labute approximate surface area is 177 Å². The average molecular weight is 423 g/mol. The monoisotopic (exact) mass is 423 g/mol. The van der Waals surface area contributed by atoms with Crippen LogP contribution in [0.4, 0.5) is 0 Å². The van der Waals surface area contributed by atoms with Gasteiger partial charge in [-0.2, -0.15) is 0 Å². The van der Waals surface area contributed by atoms with Crippen molar-refractivity contribution in [2.45, 2.75) is 6.92 Å². The summed E-state index contributed by atoms with van der Waals surface area (Å²) in [5, 5.41) is 0.0894. The standard InChI is InChI=1S/C22H21N3O6/c1-6-11-31-21(28)15-12(2)23-18-17(19(26)25(4)22(29)24(18)3)16(15)13-7-9-14(10-8-13)20(27)30-5/h6-10H,1,11H2,2-5H3. The predicted octanol–water partition coefficient (Wildman–Crippen LogP) is 1.74. The lowest BCUT2D eigenvalue weighted by molar-refractivity contribution is 0.0547. The minimum absolute atomic E-state index is 0.0255. The molecule has 2 heterocycles. The van der Waals surface area contributed by atoms with E-state index < -0.39 is 23.2 Å². The molecule has 0 spiro atoms. The number of rotatable bonds is 5. The third kappa shape index (κ3) is 3.65. The van der Waals surface area contributed by atoms with E-state index in [2.05, 4.69) is 11.6 Å². The molecule has 0 amide bonds. The van der Waals surface area contributed by atoms with Gasteiger partial charge in [-0.25, -0.2) is 19.4 Å². The molecule has 160 valence electrons. The number of benzene rings is 1. The van der Waals surface area contributed by atoms with Crippen molar-refractivity contribution in [1.29, 1.82) is 0 Å². The van der Waals surface area contributed by atoms with Crippen LogP contribution < -0.4 is 11.2 Å². The first kappa shape index (κ1) is 21.7. The van der Waals surface area contributed by atoms with Crippen molar-refractivity contribution in [3.05, 3.63) is 74.6 Å². The Morgan fingerprint density at radius 1 is 1.10 bits per heavy atom. The number of nitrogens with zero attached hydrogens (tertiary/aromatic N) is 3. The van der Waals surface area contributed by atoms with Crippen LogP contribution in [-0.4, -0.2) is 39.8 Å². The quantitative estimate of drug-likeness (QED) is 0.454. The molecule has 9 heteroatoms. The summed E-state index contributed by atoms with van der Waals surface area (Å²) in [4.78, 5) is 54.5. The Morgan fingerprint density at radius 3 is 2.32 bits per heavy atom. The summed E-state index contributed by atoms with van der Waals surface area (Å²) in [6.07, 6.45) is 1.43. The molecular weight excluding hydrogens is 402 g/mol. The summed E-state index contributed by atoms with van der Waals surface area (Å²) in [6, 6.07) is 6.23. The zero-order valence-corrected chi connectivity index (χ0v) is 17.6. The Balaban J connectivity index is 2.46. The number of ether oxygens (including phenoxy) is 2. The van der Waals surface area contributed by atoms with Crippen LogP contribution in [0.15, 0.2) is 46.5 Å². The largest absolute Gasteiger partial charge is 0.465 e. The van der Waals surface area contributed by atoms with Gasteiger partial charge in [-0.3, -0.25) is 13.9 Å². The van der Waals surface area contributed by atoms with Gasteiger partial charge in [0.2, 0.25) is 0 Å².